The van der Waals surface area contributed by atoms with Gasteiger partial charge in [-0.15, -0.1) is 0 Å². The van der Waals surface area contributed by atoms with E-state index in [1.165, 1.54) is 5.56 Å². The molecule has 0 aliphatic rings. The first-order valence-electron chi connectivity index (χ1n) is 9.18. The molecule has 0 heterocycles. The van der Waals surface area contributed by atoms with Gasteiger partial charge in [0.05, 0.1) is 25.4 Å². The maximum atomic E-state index is 9.72. The van der Waals surface area contributed by atoms with Crippen LogP contribution in [0.5, 0.6) is 5.75 Å². The molecular weight excluding hydrogens is 328 g/mol. The zero-order valence-corrected chi connectivity index (χ0v) is 15.7. The molecule has 3 N–H and O–H groups in total. The molecule has 2 aromatic rings. The minimum absolute atomic E-state index is 0.0526. The summed E-state index contributed by atoms with van der Waals surface area (Å²) in [6, 6.07) is 13.9. The molecule has 0 radical (unpaired) electrons. The van der Waals surface area contributed by atoms with E-state index in [0.717, 1.165) is 41.7 Å². The summed E-state index contributed by atoms with van der Waals surface area (Å²) in [6.07, 6.45) is 3.27. The Labute approximate surface area is 156 Å². The van der Waals surface area contributed by atoms with E-state index in [1.54, 1.807) is 0 Å². The van der Waals surface area contributed by atoms with Crippen molar-refractivity contribution in [2.24, 2.45) is 0 Å². The normalized spacial score (nSPS) is 11.6. The molecule has 2 rings (SSSR count). The quantitative estimate of drug-likeness (QED) is 0.570. The topological polar surface area (TPSA) is 69.9 Å². The van der Waals surface area contributed by atoms with E-state index >= 15 is 0 Å². The Hall–Kier alpha value is -1.88. The summed E-state index contributed by atoms with van der Waals surface area (Å²) in [7, 11) is 0. The van der Waals surface area contributed by atoms with Gasteiger partial charge in [0.2, 0.25) is 0 Å². The van der Waals surface area contributed by atoms with Crippen LogP contribution in [0, 0.1) is 0 Å². The molecule has 0 atom stereocenters. The highest BCUT2D eigenvalue weighted by Gasteiger charge is 2.11. The molecule has 142 valence electrons. The highest BCUT2D eigenvalue weighted by molar-refractivity contribution is 5.33. The first-order valence-corrected chi connectivity index (χ1v) is 9.18. The second kappa shape index (κ2) is 9.72. The van der Waals surface area contributed by atoms with E-state index in [1.807, 2.05) is 44.2 Å². The van der Waals surface area contributed by atoms with Crippen LogP contribution in [-0.2, 0) is 26.1 Å². The largest absolute Gasteiger partial charge is 0.494 e. The van der Waals surface area contributed by atoms with E-state index in [2.05, 4.69) is 12.1 Å². The third kappa shape index (κ3) is 6.79. The van der Waals surface area contributed by atoms with Gasteiger partial charge in [0.1, 0.15) is 5.75 Å². The van der Waals surface area contributed by atoms with Gasteiger partial charge in [-0.2, -0.15) is 0 Å². The lowest BCUT2D eigenvalue weighted by atomic mass is 9.99. The van der Waals surface area contributed by atoms with Crippen LogP contribution in [0.2, 0.25) is 0 Å². The fraction of sp³-hybridized carbons (Fsp3) is 0.455. The summed E-state index contributed by atoms with van der Waals surface area (Å²) in [5, 5.41) is 28.4. The van der Waals surface area contributed by atoms with Gasteiger partial charge in [0.15, 0.2) is 0 Å². The fourth-order valence-corrected chi connectivity index (χ4v) is 2.91. The number of benzene rings is 2. The smallest absolute Gasteiger partial charge is 0.119 e. The lowest BCUT2D eigenvalue weighted by molar-refractivity contribution is 0.0641. The highest BCUT2D eigenvalue weighted by Crippen LogP contribution is 2.18. The number of hydrogen-bond donors (Lipinski definition) is 3. The van der Waals surface area contributed by atoms with Crippen LogP contribution >= 0.6 is 0 Å². The van der Waals surface area contributed by atoms with Crippen molar-refractivity contribution < 1.29 is 20.1 Å². The predicted molar refractivity (Wildman–Crippen MR) is 103 cm³/mol. The molecule has 0 spiro atoms. The SMILES string of the molecule is CC(C)(O)CCCOc1cccc(CCc2ccc(CO)c(CO)c2)c1. The van der Waals surface area contributed by atoms with Crippen molar-refractivity contribution in [1.82, 2.24) is 0 Å². The van der Waals surface area contributed by atoms with Gasteiger partial charge in [-0.3, -0.25) is 0 Å². The molecule has 4 nitrogen and oxygen atoms in total. The van der Waals surface area contributed by atoms with E-state index in [9.17, 15) is 15.3 Å². The maximum absolute atomic E-state index is 9.72. The Kier molecular flexibility index (Phi) is 7.64. The average molecular weight is 358 g/mol. The van der Waals surface area contributed by atoms with Crippen molar-refractivity contribution in [2.75, 3.05) is 6.61 Å². The molecule has 2 aromatic carbocycles. The second-order valence-electron chi connectivity index (χ2n) is 7.33. The Morgan fingerprint density at radius 3 is 2.23 bits per heavy atom. The van der Waals surface area contributed by atoms with Crippen LogP contribution in [0.15, 0.2) is 42.5 Å². The Morgan fingerprint density at radius 1 is 0.885 bits per heavy atom. The number of aliphatic hydroxyl groups is 3. The molecule has 0 saturated carbocycles. The molecule has 0 aromatic heterocycles. The lowest BCUT2D eigenvalue weighted by Gasteiger charge is -2.16. The maximum Gasteiger partial charge on any atom is 0.119 e. The lowest BCUT2D eigenvalue weighted by Crippen LogP contribution is -2.19. The van der Waals surface area contributed by atoms with Crippen molar-refractivity contribution >= 4 is 0 Å². The van der Waals surface area contributed by atoms with Crippen LogP contribution in [0.4, 0.5) is 0 Å². The van der Waals surface area contributed by atoms with Crippen molar-refractivity contribution in [3.63, 3.8) is 0 Å². The molecular formula is C22H30O4. The zero-order chi connectivity index (χ0) is 19.0. The predicted octanol–water partition coefficient (Wildman–Crippen LogP) is 3.39. The number of aryl methyl sites for hydroxylation is 2. The van der Waals surface area contributed by atoms with Crippen LogP contribution < -0.4 is 4.74 Å². The van der Waals surface area contributed by atoms with Gasteiger partial charge < -0.3 is 20.1 Å². The van der Waals surface area contributed by atoms with Crippen molar-refractivity contribution in [3.05, 3.63) is 64.7 Å². The monoisotopic (exact) mass is 358 g/mol. The number of ether oxygens (including phenoxy) is 1. The minimum atomic E-state index is -0.649. The van der Waals surface area contributed by atoms with Gasteiger partial charge in [0.25, 0.3) is 0 Å². The molecule has 0 unspecified atom stereocenters. The molecule has 0 fully saturated rings. The average Bonchev–Trinajstić information content (AvgIpc) is 2.63. The van der Waals surface area contributed by atoms with Gasteiger partial charge in [-0.1, -0.05) is 30.3 Å². The molecule has 26 heavy (non-hydrogen) atoms. The summed E-state index contributed by atoms with van der Waals surface area (Å²) in [5.74, 6) is 0.852. The summed E-state index contributed by atoms with van der Waals surface area (Å²) in [4.78, 5) is 0. The molecule has 0 aliphatic heterocycles. The number of aliphatic hydroxyl groups excluding tert-OH is 2. The minimum Gasteiger partial charge on any atom is -0.494 e. The van der Waals surface area contributed by atoms with Crippen molar-refractivity contribution in [3.8, 4) is 5.75 Å². The number of rotatable bonds is 10. The zero-order valence-electron chi connectivity index (χ0n) is 15.7. The van der Waals surface area contributed by atoms with Crippen LogP contribution in [0.3, 0.4) is 0 Å². The van der Waals surface area contributed by atoms with Crippen LogP contribution in [0.25, 0.3) is 0 Å². The van der Waals surface area contributed by atoms with E-state index < -0.39 is 5.60 Å². The second-order valence-corrected chi connectivity index (χ2v) is 7.33. The van der Waals surface area contributed by atoms with Crippen molar-refractivity contribution in [2.45, 2.75) is 58.3 Å². The summed E-state index contributed by atoms with van der Waals surface area (Å²) in [6.45, 7) is 4.10. The van der Waals surface area contributed by atoms with Crippen LogP contribution in [0.1, 0.15) is 48.9 Å². The van der Waals surface area contributed by atoms with Gasteiger partial charge in [0, 0.05) is 0 Å². The van der Waals surface area contributed by atoms with Gasteiger partial charge >= 0.3 is 0 Å². The fourth-order valence-electron chi connectivity index (χ4n) is 2.91. The summed E-state index contributed by atoms with van der Waals surface area (Å²) < 4.78 is 5.79. The molecule has 0 amide bonds. The standard InChI is InChI=1S/C22H30O4/c1-22(2,25)11-4-12-26-21-6-3-5-17(14-21)7-8-18-9-10-19(15-23)20(13-18)16-24/h3,5-6,9-10,13-14,23-25H,4,7-8,11-12,15-16H2,1-2H3. The van der Waals surface area contributed by atoms with Crippen molar-refractivity contribution in [1.29, 1.82) is 0 Å². The van der Waals surface area contributed by atoms with E-state index in [4.69, 9.17) is 4.74 Å². The first-order chi connectivity index (χ1) is 12.4. The molecule has 0 aliphatic carbocycles. The van der Waals surface area contributed by atoms with Gasteiger partial charge in [-0.25, -0.2) is 0 Å². The molecule has 0 saturated heterocycles. The molecule has 0 bridgehead atoms. The van der Waals surface area contributed by atoms with Crippen LogP contribution in [-0.4, -0.2) is 27.5 Å². The Balaban J connectivity index is 1.88. The highest BCUT2D eigenvalue weighted by atomic mass is 16.5. The van der Waals surface area contributed by atoms with E-state index in [-0.39, 0.29) is 13.2 Å². The van der Waals surface area contributed by atoms with E-state index in [0.29, 0.717) is 13.0 Å². The Bertz CT molecular complexity index is 689. The Morgan fingerprint density at radius 2 is 1.58 bits per heavy atom. The number of hydrogen-bond acceptors (Lipinski definition) is 4. The van der Waals surface area contributed by atoms with Gasteiger partial charge in [-0.05, 0) is 73.9 Å². The third-order valence-corrected chi connectivity index (χ3v) is 4.41. The first kappa shape index (κ1) is 20.4. The molecule has 4 heteroatoms. The third-order valence-electron chi connectivity index (χ3n) is 4.41. The summed E-state index contributed by atoms with van der Waals surface area (Å²) >= 11 is 0. The summed E-state index contributed by atoms with van der Waals surface area (Å²) in [5.41, 5.74) is 3.25.